The van der Waals surface area contributed by atoms with Gasteiger partial charge in [-0.15, -0.1) is 0 Å². The number of carbonyl (C=O) groups excluding carboxylic acids is 2. The Bertz CT molecular complexity index is 1110. The minimum Gasteiger partial charge on any atom is -0.422 e. The third-order valence-corrected chi connectivity index (χ3v) is 4.20. The van der Waals surface area contributed by atoms with Gasteiger partial charge in [-0.1, -0.05) is 48.0 Å². The summed E-state index contributed by atoms with van der Waals surface area (Å²) in [5.74, 6) is -1.09. The summed E-state index contributed by atoms with van der Waals surface area (Å²) < 4.78 is 5.32. The fourth-order valence-corrected chi connectivity index (χ4v) is 2.63. The predicted octanol–water partition coefficient (Wildman–Crippen LogP) is 5.36. The van der Waals surface area contributed by atoms with Crippen LogP contribution in [0.4, 0.5) is 5.69 Å². The SMILES string of the molecule is O=C(Oc1ccccc1C(=O)/C=C\c1ccc(Cl)cc1)c1cccc([N+](=O)[O-])c1. The van der Waals surface area contributed by atoms with Crippen LogP contribution in [-0.2, 0) is 0 Å². The molecule has 0 aliphatic heterocycles. The van der Waals surface area contributed by atoms with E-state index < -0.39 is 10.9 Å². The van der Waals surface area contributed by atoms with Gasteiger partial charge in [0.25, 0.3) is 5.69 Å². The number of ketones is 1. The van der Waals surface area contributed by atoms with Gasteiger partial charge in [-0.2, -0.15) is 0 Å². The molecule has 3 aromatic carbocycles. The van der Waals surface area contributed by atoms with Gasteiger partial charge >= 0.3 is 5.97 Å². The molecule has 3 aromatic rings. The Hall–Kier alpha value is -3.77. The maximum atomic E-state index is 12.6. The van der Waals surface area contributed by atoms with Gasteiger partial charge in [0, 0.05) is 17.2 Å². The van der Waals surface area contributed by atoms with Crippen molar-refractivity contribution in [1.29, 1.82) is 0 Å². The van der Waals surface area contributed by atoms with E-state index in [9.17, 15) is 19.7 Å². The third kappa shape index (κ3) is 5.15. The monoisotopic (exact) mass is 407 g/mol. The lowest BCUT2D eigenvalue weighted by atomic mass is 10.1. The Kier molecular flexibility index (Phi) is 6.16. The van der Waals surface area contributed by atoms with Crippen molar-refractivity contribution in [3.8, 4) is 5.75 Å². The first-order chi connectivity index (χ1) is 13.9. The fraction of sp³-hybridized carbons (Fsp3) is 0. The normalized spacial score (nSPS) is 10.7. The standard InChI is InChI=1S/C22H14ClNO5/c23-17-11-8-15(9-12-17)10-13-20(25)19-6-1-2-7-21(19)29-22(26)16-4-3-5-18(14-16)24(27)28/h1-14H/b13-10-. The van der Waals surface area contributed by atoms with Crippen molar-refractivity contribution in [2.45, 2.75) is 0 Å². The second kappa shape index (κ2) is 8.95. The molecule has 0 heterocycles. The van der Waals surface area contributed by atoms with E-state index in [0.29, 0.717) is 5.02 Å². The molecule has 0 aliphatic rings. The molecule has 0 radical (unpaired) electrons. The highest BCUT2D eigenvalue weighted by atomic mass is 35.5. The molecule has 0 N–H and O–H groups in total. The number of esters is 1. The van der Waals surface area contributed by atoms with Crippen LogP contribution in [0.3, 0.4) is 0 Å². The summed E-state index contributed by atoms with van der Waals surface area (Å²) in [6.45, 7) is 0. The number of nitro groups is 1. The summed E-state index contributed by atoms with van der Waals surface area (Å²) in [7, 11) is 0. The van der Waals surface area contributed by atoms with Gasteiger partial charge in [0.15, 0.2) is 5.78 Å². The van der Waals surface area contributed by atoms with Crippen molar-refractivity contribution in [3.63, 3.8) is 0 Å². The number of para-hydroxylation sites is 1. The van der Waals surface area contributed by atoms with E-state index in [1.165, 1.54) is 36.4 Å². The minimum absolute atomic E-state index is 0.0122. The maximum absolute atomic E-state index is 12.6. The van der Waals surface area contributed by atoms with Crippen LogP contribution in [-0.4, -0.2) is 16.7 Å². The number of hydrogen-bond donors (Lipinski definition) is 0. The van der Waals surface area contributed by atoms with Crippen LogP contribution in [0.5, 0.6) is 5.75 Å². The van der Waals surface area contributed by atoms with Gasteiger partial charge in [-0.05, 0) is 42.0 Å². The lowest BCUT2D eigenvalue weighted by Gasteiger charge is -2.08. The number of hydrogen-bond acceptors (Lipinski definition) is 5. The molecule has 0 saturated heterocycles. The van der Waals surface area contributed by atoms with Crippen LogP contribution in [0.1, 0.15) is 26.3 Å². The molecule has 0 unspecified atom stereocenters. The molecule has 0 amide bonds. The molecule has 7 heteroatoms. The molecule has 0 aromatic heterocycles. The van der Waals surface area contributed by atoms with Gasteiger partial charge in [0.2, 0.25) is 0 Å². The van der Waals surface area contributed by atoms with Gasteiger partial charge < -0.3 is 4.74 Å². The Labute approximate surface area is 171 Å². The zero-order valence-electron chi connectivity index (χ0n) is 14.9. The third-order valence-electron chi connectivity index (χ3n) is 3.95. The van der Waals surface area contributed by atoms with Crippen molar-refractivity contribution >= 4 is 35.1 Å². The summed E-state index contributed by atoms with van der Waals surface area (Å²) in [5.41, 5.74) is 0.762. The molecule has 144 valence electrons. The fourth-order valence-electron chi connectivity index (χ4n) is 2.50. The number of benzene rings is 3. The average molecular weight is 408 g/mol. The van der Waals surface area contributed by atoms with Crippen molar-refractivity contribution in [2.24, 2.45) is 0 Å². The Balaban J connectivity index is 1.80. The zero-order valence-corrected chi connectivity index (χ0v) is 15.7. The van der Waals surface area contributed by atoms with Crippen LogP contribution < -0.4 is 4.74 Å². The summed E-state index contributed by atoms with van der Waals surface area (Å²) in [6.07, 6.45) is 2.99. The maximum Gasteiger partial charge on any atom is 0.343 e. The number of non-ortho nitro benzene ring substituents is 1. The largest absolute Gasteiger partial charge is 0.422 e. The molecule has 0 spiro atoms. The van der Waals surface area contributed by atoms with E-state index in [1.807, 2.05) is 0 Å². The topological polar surface area (TPSA) is 86.5 Å². The molecule has 0 saturated carbocycles. The van der Waals surface area contributed by atoms with E-state index in [1.54, 1.807) is 42.5 Å². The molecule has 29 heavy (non-hydrogen) atoms. The number of nitro benzene ring substituents is 1. The Morgan fingerprint density at radius 1 is 0.966 bits per heavy atom. The van der Waals surface area contributed by atoms with Gasteiger partial charge in [-0.3, -0.25) is 14.9 Å². The molecule has 0 fully saturated rings. The second-order valence-electron chi connectivity index (χ2n) is 5.94. The summed E-state index contributed by atoms with van der Waals surface area (Å²) in [5, 5.41) is 11.5. The van der Waals surface area contributed by atoms with Gasteiger partial charge in [0.1, 0.15) is 5.75 Å². The predicted molar refractivity (Wildman–Crippen MR) is 109 cm³/mol. The summed E-state index contributed by atoms with van der Waals surface area (Å²) >= 11 is 5.84. The highest BCUT2D eigenvalue weighted by molar-refractivity contribution is 6.30. The molecule has 6 nitrogen and oxygen atoms in total. The van der Waals surface area contributed by atoms with Gasteiger partial charge in [0.05, 0.1) is 16.1 Å². The average Bonchev–Trinajstić information content (AvgIpc) is 2.73. The molecular weight excluding hydrogens is 394 g/mol. The number of carbonyl (C=O) groups is 2. The molecular formula is C22H14ClNO5. The minimum atomic E-state index is -0.796. The van der Waals surface area contributed by atoms with Crippen LogP contribution in [0.25, 0.3) is 6.08 Å². The number of allylic oxidation sites excluding steroid dienone is 1. The zero-order chi connectivity index (χ0) is 20.8. The van der Waals surface area contributed by atoms with Crippen LogP contribution in [0.15, 0.2) is 78.9 Å². The smallest absolute Gasteiger partial charge is 0.343 e. The van der Waals surface area contributed by atoms with E-state index >= 15 is 0 Å². The molecule has 0 bridgehead atoms. The molecule has 0 aliphatic carbocycles. The van der Waals surface area contributed by atoms with Gasteiger partial charge in [-0.25, -0.2) is 4.79 Å². The van der Waals surface area contributed by atoms with Crippen molar-refractivity contribution in [2.75, 3.05) is 0 Å². The van der Waals surface area contributed by atoms with Crippen molar-refractivity contribution in [3.05, 3.63) is 111 Å². The van der Waals surface area contributed by atoms with E-state index in [2.05, 4.69) is 0 Å². The number of halogens is 1. The Morgan fingerprint density at radius 3 is 2.41 bits per heavy atom. The molecule has 3 rings (SSSR count). The van der Waals surface area contributed by atoms with Crippen LogP contribution >= 0.6 is 11.6 Å². The van der Waals surface area contributed by atoms with E-state index in [-0.39, 0.29) is 28.3 Å². The Morgan fingerprint density at radius 2 is 1.69 bits per heavy atom. The lowest BCUT2D eigenvalue weighted by Crippen LogP contribution is -2.11. The number of rotatable bonds is 6. The van der Waals surface area contributed by atoms with E-state index in [4.69, 9.17) is 16.3 Å². The number of ether oxygens (including phenoxy) is 1. The van der Waals surface area contributed by atoms with Crippen molar-refractivity contribution in [1.82, 2.24) is 0 Å². The van der Waals surface area contributed by atoms with Crippen LogP contribution in [0, 0.1) is 10.1 Å². The number of nitrogens with zero attached hydrogens (tertiary/aromatic N) is 1. The first-order valence-electron chi connectivity index (χ1n) is 8.48. The van der Waals surface area contributed by atoms with Crippen LogP contribution in [0.2, 0.25) is 5.02 Å². The lowest BCUT2D eigenvalue weighted by molar-refractivity contribution is -0.384. The highest BCUT2D eigenvalue weighted by Gasteiger charge is 2.17. The highest BCUT2D eigenvalue weighted by Crippen LogP contribution is 2.22. The summed E-state index contributed by atoms with van der Waals surface area (Å²) in [4.78, 5) is 35.2. The first kappa shape index (κ1) is 20.0. The first-order valence-corrected chi connectivity index (χ1v) is 8.85. The summed E-state index contributed by atoms with van der Waals surface area (Å²) in [6, 6.07) is 18.4. The quantitative estimate of drug-likeness (QED) is 0.137. The van der Waals surface area contributed by atoms with E-state index in [0.717, 1.165) is 11.6 Å². The van der Waals surface area contributed by atoms with Crippen molar-refractivity contribution < 1.29 is 19.2 Å². The second-order valence-corrected chi connectivity index (χ2v) is 6.38. The molecule has 0 atom stereocenters.